The summed E-state index contributed by atoms with van der Waals surface area (Å²) in [4.78, 5) is 0. The maximum atomic E-state index is 8.66. The van der Waals surface area contributed by atoms with Gasteiger partial charge in [-0.1, -0.05) is 0 Å². The summed E-state index contributed by atoms with van der Waals surface area (Å²) in [7, 11) is 25.3. The third kappa shape index (κ3) is 3.66. The zero-order valence-corrected chi connectivity index (χ0v) is 10.1. The SMILES string of the molecule is [B]/C([B][B]C1OC2OC([B])C([B])OC2OC1[B])=C\O. The van der Waals surface area contributed by atoms with Gasteiger partial charge in [-0.15, -0.1) is 5.37 Å². The summed E-state index contributed by atoms with van der Waals surface area (Å²) < 4.78 is 21.5. The van der Waals surface area contributed by atoms with E-state index in [1.54, 1.807) is 0 Å². The van der Waals surface area contributed by atoms with Gasteiger partial charge in [-0.05, 0) is 0 Å². The van der Waals surface area contributed by atoms with Crippen LogP contribution in [0.3, 0.4) is 0 Å². The van der Waals surface area contributed by atoms with Crippen LogP contribution in [-0.4, -0.2) is 87.4 Å². The van der Waals surface area contributed by atoms with Crippen molar-refractivity contribution in [2.45, 2.75) is 36.6 Å². The van der Waals surface area contributed by atoms with E-state index in [4.69, 9.17) is 55.4 Å². The van der Waals surface area contributed by atoms with Crippen molar-refractivity contribution in [1.82, 2.24) is 0 Å². The molecule has 0 amide bonds. The van der Waals surface area contributed by atoms with E-state index in [1.807, 2.05) is 0 Å². The van der Waals surface area contributed by atoms with Crippen LogP contribution >= 0.6 is 0 Å². The first-order chi connectivity index (χ1) is 9.01. The van der Waals surface area contributed by atoms with Crippen molar-refractivity contribution in [3.8, 4) is 0 Å². The van der Waals surface area contributed by atoms with Crippen LogP contribution in [0.15, 0.2) is 11.6 Å². The van der Waals surface area contributed by atoms with Crippen molar-refractivity contribution in [2.24, 2.45) is 0 Å². The molecule has 1 N–H and O–H groups in total. The second kappa shape index (κ2) is 6.48. The largest absolute Gasteiger partial charge is 0.517 e. The lowest BCUT2D eigenvalue weighted by Crippen LogP contribution is -2.60. The first-order valence-electron chi connectivity index (χ1n) is 5.68. The molecule has 10 radical (unpaired) electrons. The fourth-order valence-corrected chi connectivity index (χ4v) is 1.65. The Hall–Kier alpha value is -0.230. The van der Waals surface area contributed by atoms with Gasteiger partial charge in [0, 0.05) is 24.0 Å². The van der Waals surface area contributed by atoms with Gasteiger partial charge in [0.25, 0.3) is 0 Å². The van der Waals surface area contributed by atoms with Crippen LogP contribution in [0.5, 0.6) is 0 Å². The Kier molecular flexibility index (Phi) is 5.17. The molecule has 5 nitrogen and oxygen atoms in total. The molecule has 0 aromatic carbocycles. The van der Waals surface area contributed by atoms with E-state index >= 15 is 0 Å². The lowest BCUT2D eigenvalue weighted by molar-refractivity contribution is -0.377. The number of hydrogen-bond donors (Lipinski definition) is 1. The van der Waals surface area contributed by atoms with Gasteiger partial charge in [0.1, 0.15) is 30.7 Å². The van der Waals surface area contributed by atoms with Crippen LogP contribution in [0, 0.1) is 0 Å². The van der Waals surface area contributed by atoms with Gasteiger partial charge in [-0.25, -0.2) is 0 Å². The molecule has 0 aliphatic carbocycles. The topological polar surface area (TPSA) is 57.2 Å². The van der Waals surface area contributed by atoms with Crippen LogP contribution in [0.25, 0.3) is 0 Å². The van der Waals surface area contributed by atoms with Gasteiger partial charge in [0.05, 0.1) is 21.3 Å². The average Bonchev–Trinajstić information content (AvgIpc) is 2.38. The van der Waals surface area contributed by atoms with Gasteiger partial charge >= 0.3 is 0 Å². The molecule has 0 saturated carbocycles. The maximum absolute atomic E-state index is 8.66. The molecular weight excluding hydrogens is 241 g/mol. The summed E-state index contributed by atoms with van der Waals surface area (Å²) in [6, 6.07) is -3.03. The molecule has 2 saturated heterocycles. The molecule has 19 heavy (non-hydrogen) atoms. The summed E-state index contributed by atoms with van der Waals surface area (Å²) in [6.45, 7) is 0. The zero-order valence-electron chi connectivity index (χ0n) is 10.1. The van der Waals surface area contributed by atoms with E-state index in [9.17, 15) is 0 Å². The quantitative estimate of drug-likeness (QED) is 0.438. The van der Waals surface area contributed by atoms with Gasteiger partial charge < -0.3 is 24.1 Å². The second-order valence-corrected chi connectivity index (χ2v) is 4.13. The minimum Gasteiger partial charge on any atom is -0.517 e. The Balaban J connectivity index is 1.91. The van der Waals surface area contributed by atoms with Gasteiger partial charge in [-0.3, -0.25) is 0 Å². The first-order valence-corrected chi connectivity index (χ1v) is 5.68. The molecule has 2 heterocycles. The molecule has 11 heteroatoms. The molecule has 2 aliphatic rings. The highest BCUT2D eigenvalue weighted by molar-refractivity contribution is 7.08. The van der Waals surface area contributed by atoms with E-state index in [0.717, 1.165) is 6.26 Å². The number of ether oxygens (including phenoxy) is 4. The summed E-state index contributed by atoms with van der Waals surface area (Å²) in [6.07, 6.45) is -0.910. The Morgan fingerprint density at radius 1 is 0.947 bits per heavy atom. The van der Waals surface area contributed by atoms with E-state index in [1.165, 1.54) is 14.3 Å². The third-order valence-electron chi connectivity index (χ3n) is 2.66. The molecule has 0 aromatic heterocycles. The Labute approximate surface area is 118 Å². The smallest absolute Gasteiger partial charge is 0.208 e. The third-order valence-corrected chi connectivity index (χ3v) is 2.66. The number of fused-ring (bicyclic) bond motifs is 1. The molecule has 6 atom stereocenters. The predicted molar refractivity (Wildman–Crippen MR) is 72.3 cm³/mol. The van der Waals surface area contributed by atoms with Crippen molar-refractivity contribution in [1.29, 1.82) is 0 Å². The Morgan fingerprint density at radius 2 is 1.47 bits per heavy atom. The lowest BCUT2D eigenvalue weighted by Gasteiger charge is -2.46. The number of hydrogen-bond acceptors (Lipinski definition) is 5. The number of aliphatic hydroxyl groups excluding tert-OH is 1. The monoisotopic (exact) mass is 250 g/mol. The lowest BCUT2D eigenvalue weighted by atomic mass is 9.30. The van der Waals surface area contributed by atoms with Crippen LogP contribution in [0.4, 0.5) is 0 Å². The van der Waals surface area contributed by atoms with Crippen LogP contribution < -0.4 is 0 Å². The molecule has 0 bridgehead atoms. The fourth-order valence-electron chi connectivity index (χ4n) is 1.65. The van der Waals surface area contributed by atoms with Crippen LogP contribution in [-0.2, 0) is 18.9 Å². The molecule has 2 aliphatic heterocycles. The highest BCUT2D eigenvalue weighted by Crippen LogP contribution is 2.26. The maximum Gasteiger partial charge on any atom is 0.208 e. The normalized spacial score (nSPS) is 43.3. The predicted octanol–water partition coefficient (Wildman–Crippen LogP) is -2.61. The highest BCUT2D eigenvalue weighted by Gasteiger charge is 2.42. The summed E-state index contributed by atoms with van der Waals surface area (Å²) in [5.74, 6) is 0. The van der Waals surface area contributed by atoms with Gasteiger partial charge in [0.2, 0.25) is 12.6 Å². The fraction of sp³-hybridized carbons (Fsp3) is 0.750. The average molecular weight is 249 g/mol. The molecule has 6 unspecified atom stereocenters. The summed E-state index contributed by atoms with van der Waals surface area (Å²) in [5, 5.41) is 8.82. The van der Waals surface area contributed by atoms with Crippen molar-refractivity contribution in [3.05, 3.63) is 11.6 Å². The van der Waals surface area contributed by atoms with Crippen molar-refractivity contribution < 1.29 is 24.1 Å². The van der Waals surface area contributed by atoms with E-state index in [2.05, 4.69) is 0 Å². The molecule has 0 spiro atoms. The molecule has 88 valence electrons. The van der Waals surface area contributed by atoms with E-state index in [-0.39, 0.29) is 5.37 Å². The highest BCUT2D eigenvalue weighted by atomic mass is 16.8. The van der Waals surface area contributed by atoms with E-state index < -0.39 is 36.6 Å². The van der Waals surface area contributed by atoms with Crippen molar-refractivity contribution in [3.63, 3.8) is 0 Å². The van der Waals surface area contributed by atoms with Crippen molar-refractivity contribution in [2.75, 3.05) is 0 Å². The Bertz CT molecular complexity index is 344. The summed E-state index contributed by atoms with van der Waals surface area (Å²) in [5.41, 5.74) is 0. The van der Waals surface area contributed by atoms with Gasteiger partial charge in [-0.2, -0.15) is 0 Å². The Morgan fingerprint density at radius 3 is 2.05 bits per heavy atom. The second-order valence-electron chi connectivity index (χ2n) is 4.13. The number of aliphatic hydroxyl groups is 1. The van der Waals surface area contributed by atoms with Gasteiger partial charge in [0.15, 0.2) is 0 Å². The zero-order chi connectivity index (χ0) is 14.0. The molecule has 2 rings (SSSR count). The van der Waals surface area contributed by atoms with Crippen LogP contribution in [0.1, 0.15) is 0 Å². The van der Waals surface area contributed by atoms with Crippen LogP contribution in [0.2, 0.25) is 0 Å². The molecular formula is C8H8B6O5. The molecule has 0 aromatic rings. The minimum absolute atomic E-state index is 0.150. The summed E-state index contributed by atoms with van der Waals surface area (Å²) >= 11 is 0. The molecule has 2 fully saturated rings. The standard InChI is InChI=1S/C8H8B6O5/c9-2(1-15)13-14-6-5(12)18-7-8(19-6)17-4(11)3(10)16-7/h1,3-8,15H/b2-1+. The minimum atomic E-state index is -0.833. The number of rotatable bonds is 3. The van der Waals surface area contributed by atoms with Crippen molar-refractivity contribution >= 4 is 45.7 Å². The van der Waals surface area contributed by atoms with E-state index in [0.29, 0.717) is 0 Å². The first kappa shape index (κ1) is 15.2.